The summed E-state index contributed by atoms with van der Waals surface area (Å²) in [5, 5.41) is 22.6. The second-order valence-corrected chi connectivity index (χ2v) is 6.28. The van der Waals surface area contributed by atoms with E-state index < -0.39 is 10.8 Å². The van der Waals surface area contributed by atoms with Gasteiger partial charge in [0, 0.05) is 20.2 Å². The van der Waals surface area contributed by atoms with Crippen molar-refractivity contribution in [3.8, 4) is 0 Å². The third-order valence-electron chi connectivity index (χ3n) is 2.76. The van der Waals surface area contributed by atoms with Gasteiger partial charge in [-0.1, -0.05) is 0 Å². The summed E-state index contributed by atoms with van der Waals surface area (Å²) in [6, 6.07) is 9.16. The minimum atomic E-state index is -0.765. The number of carbonyl (C=O) groups excluding carboxylic acids is 1. The number of nitrogens with zero attached hydrogens (tertiary/aromatic N) is 1. The van der Waals surface area contributed by atoms with Gasteiger partial charge >= 0.3 is 0 Å². The number of non-ortho nitro benzene ring substituents is 1. The van der Waals surface area contributed by atoms with Crippen LogP contribution in [0.5, 0.6) is 0 Å². The highest BCUT2D eigenvalue weighted by Crippen LogP contribution is 2.31. The predicted octanol–water partition coefficient (Wildman–Crippen LogP) is 3.82. The zero-order chi connectivity index (χ0) is 16.3. The van der Waals surface area contributed by atoms with Crippen LogP contribution in [-0.4, -0.2) is 16.0 Å². The lowest BCUT2D eigenvalue weighted by atomic mass is 10.1. The Morgan fingerprint density at radius 2 is 1.95 bits per heavy atom. The van der Waals surface area contributed by atoms with E-state index in [4.69, 9.17) is 5.21 Å². The molecule has 22 heavy (non-hydrogen) atoms. The molecule has 1 amide bonds. The van der Waals surface area contributed by atoms with Gasteiger partial charge in [-0.25, -0.2) is 5.48 Å². The summed E-state index contributed by atoms with van der Waals surface area (Å²) in [5.41, 5.74) is 2.28. The van der Waals surface area contributed by atoms with Gasteiger partial charge in [-0.05, 0) is 62.8 Å². The van der Waals surface area contributed by atoms with Crippen molar-refractivity contribution in [2.75, 3.05) is 5.32 Å². The largest absolute Gasteiger partial charge is 0.354 e. The molecule has 9 heteroatoms. The summed E-state index contributed by atoms with van der Waals surface area (Å²) < 4.78 is 1.74. The highest BCUT2D eigenvalue weighted by molar-refractivity contribution is 14.1. The van der Waals surface area contributed by atoms with Crippen LogP contribution in [0.4, 0.5) is 17.1 Å². The molecule has 0 fully saturated rings. The van der Waals surface area contributed by atoms with Crippen LogP contribution in [0.15, 0.2) is 40.9 Å². The molecule has 0 radical (unpaired) electrons. The van der Waals surface area contributed by atoms with Crippen LogP contribution in [0.2, 0.25) is 0 Å². The number of benzene rings is 2. The van der Waals surface area contributed by atoms with Gasteiger partial charge in [0.2, 0.25) is 0 Å². The zero-order valence-electron chi connectivity index (χ0n) is 10.8. The van der Waals surface area contributed by atoms with Gasteiger partial charge < -0.3 is 5.32 Å². The Bertz CT molecular complexity index is 754. The molecule has 0 unspecified atom stereocenters. The maximum absolute atomic E-state index is 11.7. The smallest absolute Gasteiger partial charge is 0.276 e. The van der Waals surface area contributed by atoms with Gasteiger partial charge in [0.25, 0.3) is 11.6 Å². The summed E-state index contributed by atoms with van der Waals surface area (Å²) in [5.74, 6) is -0.765. The molecule has 7 nitrogen and oxygen atoms in total. The van der Waals surface area contributed by atoms with Gasteiger partial charge in [0.1, 0.15) is 0 Å². The number of amides is 1. The maximum Gasteiger partial charge on any atom is 0.276 e. The Morgan fingerprint density at radius 3 is 2.55 bits per heavy atom. The Kier molecular flexibility index (Phi) is 5.32. The Labute approximate surface area is 147 Å². The fourth-order valence-corrected chi connectivity index (χ4v) is 3.14. The summed E-state index contributed by atoms with van der Waals surface area (Å²) in [7, 11) is 0. The number of halogens is 2. The van der Waals surface area contributed by atoms with Gasteiger partial charge in [-0.3, -0.25) is 20.1 Å². The molecule has 0 saturated heterocycles. The molecule has 0 bridgehead atoms. The van der Waals surface area contributed by atoms with Gasteiger partial charge in [0.05, 0.1) is 21.9 Å². The van der Waals surface area contributed by atoms with Gasteiger partial charge in [-0.15, -0.1) is 0 Å². The third kappa shape index (κ3) is 3.72. The number of nitro benzene ring substituents is 1. The van der Waals surface area contributed by atoms with Gasteiger partial charge in [0.15, 0.2) is 0 Å². The van der Waals surface area contributed by atoms with Gasteiger partial charge in [-0.2, -0.15) is 0 Å². The van der Waals surface area contributed by atoms with E-state index in [1.54, 1.807) is 6.07 Å². The first-order valence-corrected chi connectivity index (χ1v) is 7.74. The van der Waals surface area contributed by atoms with E-state index in [0.717, 1.165) is 8.04 Å². The molecule has 0 saturated carbocycles. The van der Waals surface area contributed by atoms with Crippen LogP contribution >= 0.6 is 38.5 Å². The van der Waals surface area contributed by atoms with E-state index in [9.17, 15) is 14.9 Å². The van der Waals surface area contributed by atoms with E-state index >= 15 is 0 Å². The first kappa shape index (κ1) is 16.6. The number of carbonyl (C=O) groups is 1. The average molecular weight is 478 g/mol. The van der Waals surface area contributed by atoms with Crippen molar-refractivity contribution in [2.24, 2.45) is 0 Å². The first-order chi connectivity index (χ1) is 10.4. The second-order valence-electron chi connectivity index (χ2n) is 4.18. The Hall–Kier alpha value is -1.72. The minimum absolute atomic E-state index is 0.0820. The van der Waals surface area contributed by atoms with Crippen molar-refractivity contribution < 1.29 is 14.9 Å². The molecule has 2 rings (SSSR count). The maximum atomic E-state index is 11.7. The quantitative estimate of drug-likeness (QED) is 0.269. The third-order valence-corrected chi connectivity index (χ3v) is 4.09. The molecule has 2 aromatic rings. The summed E-state index contributed by atoms with van der Waals surface area (Å²) >= 11 is 5.53. The molecule has 3 N–H and O–H groups in total. The summed E-state index contributed by atoms with van der Waals surface area (Å²) in [4.78, 5) is 22.0. The molecule has 2 aromatic carbocycles. The molecule has 0 atom stereocenters. The van der Waals surface area contributed by atoms with E-state index in [-0.39, 0.29) is 16.9 Å². The fraction of sp³-hybridized carbons (Fsp3) is 0. The molecule has 0 aliphatic rings. The summed E-state index contributed by atoms with van der Waals surface area (Å²) in [6.07, 6.45) is 0. The van der Waals surface area contributed by atoms with E-state index in [1.807, 2.05) is 12.1 Å². The van der Waals surface area contributed by atoms with Crippen LogP contribution in [0.25, 0.3) is 0 Å². The number of anilines is 2. The Balaban J connectivity index is 2.48. The molecule has 114 valence electrons. The summed E-state index contributed by atoms with van der Waals surface area (Å²) in [6.45, 7) is 0. The van der Waals surface area contributed by atoms with Crippen LogP contribution < -0.4 is 10.8 Å². The van der Waals surface area contributed by atoms with Crippen molar-refractivity contribution >= 4 is 61.5 Å². The lowest BCUT2D eigenvalue weighted by Gasteiger charge is -2.12. The molecular weight excluding hydrogens is 469 g/mol. The van der Waals surface area contributed by atoms with E-state index in [2.05, 4.69) is 43.8 Å². The predicted molar refractivity (Wildman–Crippen MR) is 92.5 cm³/mol. The fourth-order valence-electron chi connectivity index (χ4n) is 1.74. The van der Waals surface area contributed by atoms with Crippen molar-refractivity contribution in [3.05, 3.63) is 60.1 Å². The second kappa shape index (κ2) is 7.03. The number of nitrogens with one attached hydrogen (secondary N) is 2. The SMILES string of the molecule is O=C(NO)c1ccc([N+](=O)[O-])cc1Nc1ccc(I)cc1Br. The Morgan fingerprint density at radius 1 is 1.23 bits per heavy atom. The van der Waals surface area contributed by atoms with Crippen molar-refractivity contribution in [1.82, 2.24) is 5.48 Å². The molecular formula is C13H9BrIN3O4. The molecule has 0 aliphatic heterocycles. The molecule has 0 aliphatic carbocycles. The number of hydrogen-bond acceptors (Lipinski definition) is 5. The van der Waals surface area contributed by atoms with Crippen LogP contribution in [0.1, 0.15) is 10.4 Å². The number of hydrogen-bond donors (Lipinski definition) is 3. The average Bonchev–Trinajstić information content (AvgIpc) is 2.49. The molecule has 0 aromatic heterocycles. The number of rotatable bonds is 4. The number of nitro groups is 1. The number of hydroxylamine groups is 1. The first-order valence-electron chi connectivity index (χ1n) is 5.87. The highest BCUT2D eigenvalue weighted by Gasteiger charge is 2.16. The van der Waals surface area contributed by atoms with Crippen molar-refractivity contribution in [1.29, 1.82) is 0 Å². The standard InChI is InChI=1S/C13H9BrIN3O4/c14-10-5-7(15)1-4-11(10)16-12-6-8(18(21)22)2-3-9(12)13(19)17-20/h1-6,16,20H,(H,17,19). The molecule has 0 heterocycles. The van der Waals surface area contributed by atoms with Crippen LogP contribution in [-0.2, 0) is 0 Å². The lowest BCUT2D eigenvalue weighted by Crippen LogP contribution is -2.20. The van der Waals surface area contributed by atoms with Crippen molar-refractivity contribution in [2.45, 2.75) is 0 Å². The lowest BCUT2D eigenvalue weighted by molar-refractivity contribution is -0.384. The minimum Gasteiger partial charge on any atom is -0.354 e. The van der Waals surface area contributed by atoms with E-state index in [1.165, 1.54) is 23.7 Å². The van der Waals surface area contributed by atoms with E-state index in [0.29, 0.717) is 5.69 Å². The van der Waals surface area contributed by atoms with Crippen molar-refractivity contribution in [3.63, 3.8) is 0 Å². The van der Waals surface area contributed by atoms with Crippen LogP contribution in [0.3, 0.4) is 0 Å². The highest BCUT2D eigenvalue weighted by atomic mass is 127. The normalized spacial score (nSPS) is 10.1. The topological polar surface area (TPSA) is 104 Å². The molecule has 0 spiro atoms. The van der Waals surface area contributed by atoms with Crippen LogP contribution in [0, 0.1) is 13.7 Å². The monoisotopic (exact) mass is 477 g/mol. The zero-order valence-corrected chi connectivity index (χ0v) is 14.6.